The Bertz CT molecular complexity index is 454. The number of benzene rings is 1. The molecule has 1 rings (SSSR count). The first-order valence-electron chi connectivity index (χ1n) is 7.66. The highest BCUT2D eigenvalue weighted by atomic mass is 16.4. The Labute approximate surface area is 126 Å². The molecule has 116 valence electrons. The Morgan fingerprint density at radius 2 is 1.71 bits per heavy atom. The molecular weight excluding hydrogens is 266 g/mol. The van der Waals surface area contributed by atoms with Crippen molar-refractivity contribution in [1.29, 1.82) is 0 Å². The molecule has 0 fully saturated rings. The molecule has 0 heterocycles. The molecule has 1 aromatic carbocycles. The summed E-state index contributed by atoms with van der Waals surface area (Å²) in [5.74, 6) is -1.21. The van der Waals surface area contributed by atoms with Gasteiger partial charge in [-0.2, -0.15) is 0 Å². The van der Waals surface area contributed by atoms with Crippen LogP contribution in [0.4, 0.5) is 0 Å². The van der Waals surface area contributed by atoms with Gasteiger partial charge in [-0.15, -0.1) is 0 Å². The molecule has 0 aliphatic carbocycles. The summed E-state index contributed by atoms with van der Waals surface area (Å²) < 4.78 is 0. The zero-order chi connectivity index (χ0) is 15.7. The summed E-state index contributed by atoms with van der Waals surface area (Å²) in [5.41, 5.74) is 2.18. The first kappa shape index (κ1) is 17.2. The van der Waals surface area contributed by atoms with E-state index in [1.807, 2.05) is 31.2 Å². The maximum absolute atomic E-state index is 11.9. The van der Waals surface area contributed by atoms with Crippen LogP contribution in [0.1, 0.15) is 50.7 Å². The fourth-order valence-corrected chi connectivity index (χ4v) is 2.18. The van der Waals surface area contributed by atoms with Crippen LogP contribution >= 0.6 is 0 Å². The van der Waals surface area contributed by atoms with Gasteiger partial charge < -0.3 is 10.4 Å². The Morgan fingerprint density at radius 1 is 1.10 bits per heavy atom. The first-order chi connectivity index (χ1) is 10.1. The van der Waals surface area contributed by atoms with Crippen molar-refractivity contribution >= 4 is 11.9 Å². The van der Waals surface area contributed by atoms with Gasteiger partial charge in [0, 0.05) is 0 Å². The second kappa shape index (κ2) is 9.16. The van der Waals surface area contributed by atoms with Crippen LogP contribution in [-0.2, 0) is 22.4 Å². The lowest BCUT2D eigenvalue weighted by Crippen LogP contribution is -2.41. The molecule has 1 aromatic rings. The van der Waals surface area contributed by atoms with E-state index in [0.717, 1.165) is 31.2 Å². The van der Waals surface area contributed by atoms with Gasteiger partial charge in [0.2, 0.25) is 5.91 Å². The number of carbonyl (C=O) groups is 2. The highest BCUT2D eigenvalue weighted by molar-refractivity contribution is 5.84. The molecule has 0 spiro atoms. The summed E-state index contributed by atoms with van der Waals surface area (Å²) in [5, 5.41) is 11.6. The topological polar surface area (TPSA) is 66.4 Å². The number of rotatable bonds is 9. The van der Waals surface area contributed by atoms with E-state index < -0.39 is 12.0 Å². The summed E-state index contributed by atoms with van der Waals surface area (Å²) >= 11 is 0. The average molecular weight is 291 g/mol. The van der Waals surface area contributed by atoms with Crippen molar-refractivity contribution in [3.05, 3.63) is 35.4 Å². The van der Waals surface area contributed by atoms with E-state index in [1.54, 1.807) is 0 Å². The van der Waals surface area contributed by atoms with E-state index in [-0.39, 0.29) is 12.3 Å². The molecule has 1 amide bonds. The lowest BCUT2D eigenvalue weighted by atomic mass is 10.0. The van der Waals surface area contributed by atoms with Crippen molar-refractivity contribution in [2.75, 3.05) is 0 Å². The van der Waals surface area contributed by atoms with E-state index in [4.69, 9.17) is 5.11 Å². The van der Waals surface area contributed by atoms with E-state index in [2.05, 4.69) is 12.2 Å². The van der Waals surface area contributed by atoms with Gasteiger partial charge in [-0.1, -0.05) is 51.0 Å². The van der Waals surface area contributed by atoms with Gasteiger partial charge in [-0.25, -0.2) is 4.79 Å². The lowest BCUT2D eigenvalue weighted by Gasteiger charge is -2.13. The van der Waals surface area contributed by atoms with E-state index in [9.17, 15) is 9.59 Å². The fraction of sp³-hybridized carbons (Fsp3) is 0.529. The zero-order valence-electron chi connectivity index (χ0n) is 12.9. The number of amides is 1. The molecule has 4 heteroatoms. The average Bonchev–Trinajstić information content (AvgIpc) is 2.46. The molecule has 0 saturated heterocycles. The van der Waals surface area contributed by atoms with Crippen molar-refractivity contribution in [2.45, 2.75) is 58.4 Å². The van der Waals surface area contributed by atoms with Gasteiger partial charge in [0.1, 0.15) is 6.04 Å². The first-order valence-corrected chi connectivity index (χ1v) is 7.66. The molecule has 4 nitrogen and oxygen atoms in total. The van der Waals surface area contributed by atoms with Gasteiger partial charge in [-0.3, -0.25) is 4.79 Å². The maximum atomic E-state index is 11.9. The minimum Gasteiger partial charge on any atom is -0.480 e. The number of aryl methyl sites for hydroxylation is 1. The molecule has 21 heavy (non-hydrogen) atoms. The van der Waals surface area contributed by atoms with Gasteiger partial charge in [-0.05, 0) is 30.4 Å². The van der Waals surface area contributed by atoms with Crippen LogP contribution in [0.25, 0.3) is 0 Å². The summed E-state index contributed by atoms with van der Waals surface area (Å²) in [6.45, 7) is 4.06. The number of carboxylic acid groups (broad SMARTS) is 1. The van der Waals surface area contributed by atoms with Gasteiger partial charge in [0.15, 0.2) is 0 Å². The van der Waals surface area contributed by atoms with Crippen LogP contribution in [0.5, 0.6) is 0 Å². The quantitative estimate of drug-likeness (QED) is 0.735. The van der Waals surface area contributed by atoms with E-state index >= 15 is 0 Å². The molecule has 0 bridgehead atoms. The predicted octanol–water partition coefficient (Wildman–Crippen LogP) is 2.94. The molecule has 0 aliphatic heterocycles. The van der Waals surface area contributed by atoms with Crippen molar-refractivity contribution < 1.29 is 14.7 Å². The third-order valence-corrected chi connectivity index (χ3v) is 3.42. The molecule has 0 saturated carbocycles. The van der Waals surface area contributed by atoms with Crippen LogP contribution in [0, 0.1) is 0 Å². The van der Waals surface area contributed by atoms with E-state index in [1.165, 1.54) is 5.56 Å². The van der Waals surface area contributed by atoms with Gasteiger partial charge >= 0.3 is 5.97 Å². The Balaban J connectivity index is 2.52. The number of nitrogens with one attached hydrogen (secondary N) is 1. The third kappa shape index (κ3) is 6.43. The Morgan fingerprint density at radius 3 is 2.24 bits per heavy atom. The second-order valence-electron chi connectivity index (χ2n) is 5.34. The molecule has 1 atom stereocenters. The predicted molar refractivity (Wildman–Crippen MR) is 83.2 cm³/mol. The zero-order valence-corrected chi connectivity index (χ0v) is 12.9. The molecule has 2 N–H and O–H groups in total. The summed E-state index contributed by atoms with van der Waals surface area (Å²) in [6.07, 6.45) is 4.79. The highest BCUT2D eigenvalue weighted by Gasteiger charge is 2.18. The molecule has 0 unspecified atom stereocenters. The fourth-order valence-electron chi connectivity index (χ4n) is 2.18. The Hall–Kier alpha value is -1.84. The second-order valence-corrected chi connectivity index (χ2v) is 5.34. The summed E-state index contributed by atoms with van der Waals surface area (Å²) in [7, 11) is 0. The van der Waals surface area contributed by atoms with Crippen LogP contribution < -0.4 is 5.32 Å². The lowest BCUT2D eigenvalue weighted by molar-refractivity contribution is -0.141. The molecule has 0 aliphatic rings. The van der Waals surface area contributed by atoms with Gasteiger partial charge in [0.25, 0.3) is 0 Å². The van der Waals surface area contributed by atoms with Crippen molar-refractivity contribution in [3.63, 3.8) is 0 Å². The van der Waals surface area contributed by atoms with Crippen LogP contribution in [-0.4, -0.2) is 23.0 Å². The number of hydrogen-bond acceptors (Lipinski definition) is 2. The standard InChI is InChI=1S/C17H25NO3/c1-3-5-7-13-8-10-14(11-9-13)12-16(19)18-15(6-4-2)17(20)21/h8-11,15H,3-7,12H2,1-2H3,(H,18,19)(H,20,21)/t15-/m0/s1. The number of hydrogen-bond donors (Lipinski definition) is 2. The van der Waals surface area contributed by atoms with Crippen LogP contribution in [0.3, 0.4) is 0 Å². The highest BCUT2D eigenvalue weighted by Crippen LogP contribution is 2.09. The monoisotopic (exact) mass is 291 g/mol. The summed E-state index contributed by atoms with van der Waals surface area (Å²) in [6, 6.07) is 7.18. The number of carboxylic acids is 1. The maximum Gasteiger partial charge on any atom is 0.326 e. The Kier molecular flexibility index (Phi) is 7.51. The van der Waals surface area contributed by atoms with Crippen LogP contribution in [0.2, 0.25) is 0 Å². The van der Waals surface area contributed by atoms with Crippen molar-refractivity contribution in [1.82, 2.24) is 5.32 Å². The van der Waals surface area contributed by atoms with Crippen LogP contribution in [0.15, 0.2) is 24.3 Å². The summed E-state index contributed by atoms with van der Waals surface area (Å²) in [4.78, 5) is 22.9. The van der Waals surface area contributed by atoms with Crippen molar-refractivity contribution in [3.8, 4) is 0 Å². The molecule has 0 aromatic heterocycles. The van der Waals surface area contributed by atoms with E-state index in [0.29, 0.717) is 6.42 Å². The minimum atomic E-state index is -0.972. The SMILES string of the molecule is CCCCc1ccc(CC(=O)N[C@@H](CCC)C(=O)O)cc1. The largest absolute Gasteiger partial charge is 0.480 e. The molecular formula is C17H25NO3. The number of carbonyl (C=O) groups excluding carboxylic acids is 1. The number of unbranched alkanes of at least 4 members (excludes halogenated alkanes) is 1. The number of aliphatic carboxylic acids is 1. The smallest absolute Gasteiger partial charge is 0.326 e. The third-order valence-electron chi connectivity index (χ3n) is 3.42. The van der Waals surface area contributed by atoms with Crippen molar-refractivity contribution in [2.24, 2.45) is 0 Å². The minimum absolute atomic E-state index is 0.224. The normalized spacial score (nSPS) is 11.9. The molecule has 0 radical (unpaired) electrons. The van der Waals surface area contributed by atoms with Gasteiger partial charge in [0.05, 0.1) is 6.42 Å².